The van der Waals surface area contributed by atoms with Crippen molar-refractivity contribution in [1.29, 1.82) is 0 Å². The van der Waals surface area contributed by atoms with Crippen molar-refractivity contribution in [2.24, 2.45) is 0 Å². The fourth-order valence-electron chi connectivity index (χ4n) is 3.26. The van der Waals surface area contributed by atoms with Crippen LogP contribution in [0.15, 0.2) is 42.5 Å². The second-order valence-corrected chi connectivity index (χ2v) is 9.54. The van der Waals surface area contributed by atoms with Crippen LogP contribution in [0.3, 0.4) is 0 Å². The van der Waals surface area contributed by atoms with E-state index in [-0.39, 0.29) is 18.1 Å². The van der Waals surface area contributed by atoms with Crippen molar-refractivity contribution in [2.75, 3.05) is 24.7 Å². The summed E-state index contributed by atoms with van der Waals surface area (Å²) >= 11 is 0. The third kappa shape index (κ3) is 5.54. The van der Waals surface area contributed by atoms with Gasteiger partial charge >= 0.3 is 5.97 Å². The lowest BCUT2D eigenvalue weighted by Crippen LogP contribution is -2.48. The molecule has 1 aliphatic heterocycles. The molecule has 2 aromatic rings. The first kappa shape index (κ1) is 20.8. The van der Waals surface area contributed by atoms with Gasteiger partial charge in [-0.2, -0.15) is 0 Å². The van der Waals surface area contributed by atoms with E-state index in [0.717, 1.165) is 10.8 Å². The summed E-state index contributed by atoms with van der Waals surface area (Å²) < 4.78 is 28.0. The molecule has 2 N–H and O–H groups in total. The summed E-state index contributed by atoms with van der Waals surface area (Å²) in [7, 11) is -3.16. The van der Waals surface area contributed by atoms with Crippen molar-refractivity contribution >= 4 is 38.4 Å². The molecule has 154 valence electrons. The number of benzene rings is 2. The fraction of sp³-hybridized carbons (Fsp3) is 0.350. The number of amides is 2. The van der Waals surface area contributed by atoms with E-state index in [1.165, 1.54) is 0 Å². The molecule has 8 nitrogen and oxygen atoms in total. The quantitative estimate of drug-likeness (QED) is 0.670. The molecule has 3 rings (SSSR count). The smallest absolute Gasteiger partial charge is 0.325 e. The number of carbonyl (C=O) groups excluding carboxylic acids is 3. The Bertz CT molecular complexity index is 1070. The van der Waals surface area contributed by atoms with Crippen LogP contribution in [0.2, 0.25) is 0 Å². The van der Waals surface area contributed by atoms with Gasteiger partial charge in [-0.3, -0.25) is 14.4 Å². The summed E-state index contributed by atoms with van der Waals surface area (Å²) in [5.41, 5.74) is -0.447. The van der Waals surface area contributed by atoms with Crippen LogP contribution in [0.5, 0.6) is 0 Å². The highest BCUT2D eigenvalue weighted by molar-refractivity contribution is 7.91. The van der Waals surface area contributed by atoms with Crippen molar-refractivity contribution in [3.05, 3.63) is 48.0 Å². The van der Waals surface area contributed by atoms with E-state index in [0.29, 0.717) is 12.0 Å². The van der Waals surface area contributed by atoms with Crippen molar-refractivity contribution in [1.82, 2.24) is 10.6 Å². The minimum absolute atomic E-state index is 0.0182. The molecule has 0 saturated carbocycles. The summed E-state index contributed by atoms with van der Waals surface area (Å²) in [5.74, 6) is -1.90. The maximum Gasteiger partial charge on any atom is 0.325 e. The van der Waals surface area contributed by atoms with Gasteiger partial charge in [0.05, 0.1) is 17.0 Å². The summed E-state index contributed by atoms with van der Waals surface area (Å²) in [6.45, 7) is 0.714. The molecule has 29 heavy (non-hydrogen) atoms. The Morgan fingerprint density at radius 3 is 2.52 bits per heavy atom. The van der Waals surface area contributed by atoms with Crippen LogP contribution in [0, 0.1) is 0 Å². The molecule has 2 amide bonds. The Morgan fingerprint density at radius 2 is 1.83 bits per heavy atom. The molecule has 1 fully saturated rings. The molecule has 1 saturated heterocycles. The van der Waals surface area contributed by atoms with Gasteiger partial charge in [-0.15, -0.1) is 0 Å². The number of hydrogen-bond donors (Lipinski definition) is 2. The largest absolute Gasteiger partial charge is 0.454 e. The Labute approximate surface area is 168 Å². The summed E-state index contributed by atoms with van der Waals surface area (Å²) in [6, 6.07) is 12.8. The third-order valence-electron chi connectivity index (χ3n) is 4.71. The van der Waals surface area contributed by atoms with Gasteiger partial charge in [0.2, 0.25) is 0 Å². The monoisotopic (exact) mass is 418 g/mol. The lowest BCUT2D eigenvalue weighted by Gasteiger charge is -2.23. The van der Waals surface area contributed by atoms with Crippen LogP contribution in [0.1, 0.15) is 23.7 Å². The van der Waals surface area contributed by atoms with E-state index < -0.39 is 39.8 Å². The summed E-state index contributed by atoms with van der Waals surface area (Å²) in [4.78, 5) is 35.9. The maximum atomic E-state index is 12.2. The van der Waals surface area contributed by atoms with Crippen molar-refractivity contribution in [2.45, 2.75) is 18.9 Å². The molecule has 0 aromatic heterocycles. The minimum Gasteiger partial charge on any atom is -0.454 e. The summed E-state index contributed by atoms with van der Waals surface area (Å²) in [6.07, 6.45) is 0.316. The molecular weight excluding hydrogens is 396 g/mol. The molecule has 1 atom stereocenters. The molecule has 0 spiro atoms. The van der Waals surface area contributed by atoms with Crippen LogP contribution in [-0.4, -0.2) is 56.4 Å². The predicted octanol–water partition coefficient (Wildman–Crippen LogP) is 0.806. The lowest BCUT2D eigenvalue weighted by molar-refractivity contribution is -0.147. The average molecular weight is 418 g/mol. The van der Waals surface area contributed by atoms with E-state index in [4.69, 9.17) is 4.74 Å². The zero-order chi connectivity index (χ0) is 21.1. The van der Waals surface area contributed by atoms with Gasteiger partial charge in [0.25, 0.3) is 11.8 Å². The van der Waals surface area contributed by atoms with E-state index in [1.54, 1.807) is 19.1 Å². The van der Waals surface area contributed by atoms with Gasteiger partial charge in [0, 0.05) is 5.56 Å². The maximum absolute atomic E-state index is 12.2. The Morgan fingerprint density at radius 1 is 1.10 bits per heavy atom. The van der Waals surface area contributed by atoms with Gasteiger partial charge in [-0.25, -0.2) is 8.42 Å². The number of sulfone groups is 1. The zero-order valence-electron chi connectivity index (χ0n) is 15.9. The van der Waals surface area contributed by atoms with Crippen molar-refractivity contribution < 1.29 is 27.5 Å². The Kier molecular flexibility index (Phi) is 5.88. The Hall–Kier alpha value is -2.94. The normalized spacial score (nSPS) is 20.2. The van der Waals surface area contributed by atoms with Gasteiger partial charge in [0.15, 0.2) is 16.4 Å². The highest BCUT2D eigenvalue weighted by atomic mass is 32.2. The Balaban J connectivity index is 1.44. The summed E-state index contributed by atoms with van der Waals surface area (Å²) in [5, 5.41) is 6.95. The first-order chi connectivity index (χ1) is 13.7. The fourth-order valence-corrected chi connectivity index (χ4v) is 5.36. The molecule has 9 heteroatoms. The second-order valence-electron chi connectivity index (χ2n) is 7.36. The number of hydrogen-bond acceptors (Lipinski definition) is 6. The average Bonchev–Trinajstić information content (AvgIpc) is 2.96. The second kappa shape index (κ2) is 8.20. The molecule has 1 heterocycles. The molecule has 0 unspecified atom stereocenters. The highest BCUT2D eigenvalue weighted by Crippen LogP contribution is 2.22. The zero-order valence-corrected chi connectivity index (χ0v) is 16.8. The number of fused-ring (bicyclic) bond motifs is 1. The first-order valence-electron chi connectivity index (χ1n) is 9.10. The standard InChI is InChI=1S/C20H22N2O6S/c1-20(8-9-29(26,27)13-20)22-17(23)12-28-18(24)11-21-19(25)16-7-6-14-4-2-3-5-15(14)10-16/h2-7,10H,8-9,11-13H2,1H3,(H,21,25)(H,22,23)/t20-/m1/s1. The van der Waals surface area contributed by atoms with Gasteiger partial charge in [-0.1, -0.05) is 30.3 Å². The lowest BCUT2D eigenvalue weighted by atomic mass is 10.0. The van der Waals surface area contributed by atoms with Gasteiger partial charge in [-0.05, 0) is 36.2 Å². The molecular formula is C20H22N2O6S. The van der Waals surface area contributed by atoms with E-state index >= 15 is 0 Å². The molecule has 1 aliphatic rings. The number of ether oxygens (including phenoxy) is 1. The number of nitrogens with one attached hydrogen (secondary N) is 2. The molecule has 0 radical (unpaired) electrons. The van der Waals surface area contributed by atoms with Crippen molar-refractivity contribution in [3.8, 4) is 0 Å². The predicted molar refractivity (Wildman–Crippen MR) is 107 cm³/mol. The third-order valence-corrected chi connectivity index (χ3v) is 6.62. The van der Waals surface area contributed by atoms with Crippen LogP contribution in [-0.2, 0) is 24.2 Å². The molecule has 0 aliphatic carbocycles. The van der Waals surface area contributed by atoms with Gasteiger partial charge < -0.3 is 15.4 Å². The van der Waals surface area contributed by atoms with Crippen LogP contribution < -0.4 is 10.6 Å². The molecule has 2 aromatic carbocycles. The number of esters is 1. The molecule has 0 bridgehead atoms. The number of rotatable bonds is 6. The highest BCUT2D eigenvalue weighted by Gasteiger charge is 2.39. The SMILES string of the molecule is C[C@@]1(NC(=O)COC(=O)CNC(=O)c2ccc3ccccc3c2)CCS(=O)(=O)C1. The van der Waals surface area contributed by atoms with Crippen LogP contribution >= 0.6 is 0 Å². The van der Waals surface area contributed by atoms with Crippen LogP contribution in [0.25, 0.3) is 10.8 Å². The topological polar surface area (TPSA) is 119 Å². The minimum atomic E-state index is -3.16. The van der Waals surface area contributed by atoms with Crippen LogP contribution in [0.4, 0.5) is 0 Å². The van der Waals surface area contributed by atoms with E-state index in [9.17, 15) is 22.8 Å². The first-order valence-corrected chi connectivity index (χ1v) is 10.9. The van der Waals surface area contributed by atoms with E-state index in [2.05, 4.69) is 10.6 Å². The van der Waals surface area contributed by atoms with Crippen molar-refractivity contribution in [3.63, 3.8) is 0 Å². The van der Waals surface area contributed by atoms with E-state index in [1.807, 2.05) is 30.3 Å². The van der Waals surface area contributed by atoms with Gasteiger partial charge in [0.1, 0.15) is 6.54 Å². The number of carbonyl (C=O) groups is 3.